The van der Waals surface area contributed by atoms with Crippen LogP contribution >= 0.6 is 0 Å². The van der Waals surface area contributed by atoms with Gasteiger partial charge in [-0.05, 0) is 49.6 Å². The molecular formula is C22H27N3O4S. The summed E-state index contributed by atoms with van der Waals surface area (Å²) in [6.45, 7) is 2.84. The van der Waals surface area contributed by atoms with Crippen LogP contribution in [0.4, 0.5) is 10.5 Å². The number of urea groups is 1. The fraction of sp³-hybridized carbons (Fsp3) is 0.364. The van der Waals surface area contributed by atoms with Crippen molar-refractivity contribution in [1.29, 1.82) is 0 Å². The minimum atomic E-state index is -3.25. The summed E-state index contributed by atoms with van der Waals surface area (Å²) in [6, 6.07) is 15.3. The molecule has 160 valence electrons. The van der Waals surface area contributed by atoms with Crippen LogP contribution in [0.5, 0.6) is 0 Å². The third-order valence-electron chi connectivity index (χ3n) is 5.27. The van der Waals surface area contributed by atoms with Crippen molar-refractivity contribution in [1.82, 2.24) is 10.2 Å². The number of para-hydroxylation sites is 1. The molecule has 0 spiro atoms. The van der Waals surface area contributed by atoms with Crippen LogP contribution < -0.4 is 10.6 Å². The van der Waals surface area contributed by atoms with E-state index in [1.54, 1.807) is 29.2 Å². The molecule has 1 saturated heterocycles. The average molecular weight is 430 g/mol. The first-order chi connectivity index (χ1) is 14.2. The molecule has 1 fully saturated rings. The molecule has 1 heterocycles. The number of nitrogens with zero attached hydrogens (tertiary/aromatic N) is 1. The van der Waals surface area contributed by atoms with Crippen LogP contribution in [0.3, 0.4) is 0 Å². The van der Waals surface area contributed by atoms with Crippen molar-refractivity contribution in [2.45, 2.75) is 30.7 Å². The lowest BCUT2D eigenvalue weighted by Gasteiger charge is -2.32. The van der Waals surface area contributed by atoms with E-state index >= 15 is 0 Å². The first-order valence-corrected chi connectivity index (χ1v) is 11.8. The van der Waals surface area contributed by atoms with Crippen molar-refractivity contribution in [3.05, 3.63) is 60.2 Å². The zero-order valence-corrected chi connectivity index (χ0v) is 18.0. The Bertz CT molecular complexity index is 991. The molecule has 2 atom stereocenters. The number of piperidine rings is 1. The number of carbonyl (C=O) groups is 2. The van der Waals surface area contributed by atoms with Crippen molar-refractivity contribution in [3.8, 4) is 0 Å². The van der Waals surface area contributed by atoms with Crippen LogP contribution in [0.1, 0.15) is 31.4 Å². The largest absolute Gasteiger partial charge is 0.349 e. The minimum absolute atomic E-state index is 0.105. The number of rotatable bonds is 5. The van der Waals surface area contributed by atoms with E-state index in [-0.39, 0.29) is 28.8 Å². The van der Waals surface area contributed by atoms with Crippen molar-refractivity contribution in [2.75, 3.05) is 24.7 Å². The molecule has 0 aliphatic carbocycles. The number of sulfone groups is 1. The first-order valence-electron chi connectivity index (χ1n) is 9.95. The van der Waals surface area contributed by atoms with E-state index in [0.717, 1.165) is 30.3 Å². The Kier molecular flexibility index (Phi) is 6.77. The van der Waals surface area contributed by atoms with Crippen LogP contribution in [-0.4, -0.2) is 44.6 Å². The maximum Gasteiger partial charge on any atom is 0.321 e. The topological polar surface area (TPSA) is 95.6 Å². The Labute approximate surface area is 177 Å². The lowest BCUT2D eigenvalue weighted by Crippen LogP contribution is -2.47. The number of hydrogen-bond acceptors (Lipinski definition) is 4. The lowest BCUT2D eigenvalue weighted by atomic mass is 9.96. The molecule has 2 N–H and O–H groups in total. The van der Waals surface area contributed by atoms with E-state index in [0.29, 0.717) is 13.1 Å². The van der Waals surface area contributed by atoms with Crippen LogP contribution in [0.25, 0.3) is 0 Å². The van der Waals surface area contributed by atoms with Gasteiger partial charge in [-0.15, -0.1) is 0 Å². The second-order valence-electron chi connectivity index (χ2n) is 7.65. The Hall–Kier alpha value is -2.87. The van der Waals surface area contributed by atoms with Gasteiger partial charge in [0.1, 0.15) is 0 Å². The predicted octanol–water partition coefficient (Wildman–Crippen LogP) is 3.21. The second-order valence-corrected chi connectivity index (χ2v) is 9.67. The number of nitrogens with one attached hydrogen (secondary N) is 2. The van der Waals surface area contributed by atoms with Crippen molar-refractivity contribution in [3.63, 3.8) is 0 Å². The summed E-state index contributed by atoms with van der Waals surface area (Å²) in [4.78, 5) is 27.2. The molecule has 1 aliphatic heterocycles. The van der Waals surface area contributed by atoms with Gasteiger partial charge in [-0.25, -0.2) is 13.2 Å². The lowest BCUT2D eigenvalue weighted by molar-refractivity contribution is -0.126. The van der Waals surface area contributed by atoms with E-state index in [2.05, 4.69) is 10.6 Å². The van der Waals surface area contributed by atoms with E-state index in [9.17, 15) is 18.0 Å². The summed E-state index contributed by atoms with van der Waals surface area (Å²) in [5.74, 6) is -0.384. The molecule has 0 aromatic heterocycles. The van der Waals surface area contributed by atoms with Gasteiger partial charge in [0.2, 0.25) is 5.91 Å². The molecule has 3 amide bonds. The second kappa shape index (κ2) is 9.30. The number of amides is 3. The Balaban J connectivity index is 1.57. The van der Waals surface area contributed by atoms with Crippen LogP contribution in [-0.2, 0) is 14.6 Å². The summed E-state index contributed by atoms with van der Waals surface area (Å²) >= 11 is 0. The molecular weight excluding hydrogens is 402 g/mol. The summed E-state index contributed by atoms with van der Waals surface area (Å²) in [5, 5.41) is 5.85. The summed E-state index contributed by atoms with van der Waals surface area (Å²) in [5.41, 5.74) is 1.55. The van der Waals surface area contributed by atoms with Crippen molar-refractivity contribution in [2.24, 2.45) is 5.92 Å². The quantitative estimate of drug-likeness (QED) is 0.763. The molecule has 0 radical (unpaired) electrons. The van der Waals surface area contributed by atoms with Gasteiger partial charge in [-0.1, -0.05) is 30.3 Å². The first kappa shape index (κ1) is 21.8. The molecule has 2 aromatic rings. The number of benzene rings is 2. The van der Waals surface area contributed by atoms with Crippen LogP contribution in [0.2, 0.25) is 0 Å². The number of carbonyl (C=O) groups excluding carboxylic acids is 2. The monoisotopic (exact) mass is 429 g/mol. The predicted molar refractivity (Wildman–Crippen MR) is 116 cm³/mol. The van der Waals surface area contributed by atoms with Gasteiger partial charge in [0, 0.05) is 25.0 Å². The summed E-state index contributed by atoms with van der Waals surface area (Å²) < 4.78 is 23.2. The Morgan fingerprint density at radius 1 is 1.07 bits per heavy atom. The molecule has 2 aromatic carbocycles. The van der Waals surface area contributed by atoms with E-state index in [1.807, 2.05) is 37.3 Å². The van der Waals surface area contributed by atoms with Crippen molar-refractivity contribution < 1.29 is 18.0 Å². The fourth-order valence-corrected chi connectivity index (χ4v) is 4.15. The standard InChI is InChI=1S/C22H27N3O4S/c1-16(17-10-12-20(13-11-17)30(2,28)29)23-21(26)18-7-6-14-25(15-18)22(27)24-19-8-4-3-5-9-19/h3-5,8-13,16,18H,6-7,14-15H2,1-2H3,(H,23,26)(H,24,27)/t16-,18+/m0/s1. The van der Waals surface area contributed by atoms with Gasteiger partial charge in [0.05, 0.1) is 16.9 Å². The molecule has 8 heteroatoms. The SMILES string of the molecule is C[C@H](NC(=O)[C@@H]1CCCN(C(=O)Nc2ccccc2)C1)c1ccc(S(C)(=O)=O)cc1. The Morgan fingerprint density at radius 3 is 2.37 bits per heavy atom. The van der Waals surface area contributed by atoms with E-state index < -0.39 is 9.84 Å². The molecule has 0 unspecified atom stereocenters. The summed E-state index contributed by atoms with van der Waals surface area (Å²) in [6.07, 6.45) is 2.65. The van der Waals surface area contributed by atoms with Gasteiger partial charge < -0.3 is 15.5 Å². The minimum Gasteiger partial charge on any atom is -0.349 e. The van der Waals surface area contributed by atoms with Crippen LogP contribution in [0, 0.1) is 5.92 Å². The molecule has 7 nitrogen and oxygen atoms in total. The van der Waals surface area contributed by atoms with Gasteiger partial charge >= 0.3 is 6.03 Å². The molecule has 1 aliphatic rings. The highest BCUT2D eigenvalue weighted by atomic mass is 32.2. The highest BCUT2D eigenvalue weighted by molar-refractivity contribution is 7.90. The number of hydrogen-bond donors (Lipinski definition) is 2. The normalized spacial score (nSPS) is 17.8. The molecule has 0 saturated carbocycles. The zero-order chi connectivity index (χ0) is 21.7. The number of anilines is 1. The third-order valence-corrected chi connectivity index (χ3v) is 6.40. The van der Waals surface area contributed by atoms with Crippen molar-refractivity contribution >= 4 is 27.5 Å². The average Bonchev–Trinajstić information content (AvgIpc) is 2.74. The fourth-order valence-electron chi connectivity index (χ4n) is 3.52. The molecule has 0 bridgehead atoms. The highest BCUT2D eigenvalue weighted by Crippen LogP contribution is 2.21. The van der Waals surface area contributed by atoms with E-state index in [4.69, 9.17) is 0 Å². The Morgan fingerprint density at radius 2 is 1.73 bits per heavy atom. The van der Waals surface area contributed by atoms with Gasteiger partial charge in [0.15, 0.2) is 9.84 Å². The maximum absolute atomic E-state index is 12.8. The van der Waals surface area contributed by atoms with E-state index in [1.165, 1.54) is 0 Å². The highest BCUT2D eigenvalue weighted by Gasteiger charge is 2.29. The number of likely N-dealkylation sites (tertiary alicyclic amines) is 1. The summed E-state index contributed by atoms with van der Waals surface area (Å²) in [7, 11) is -3.25. The van der Waals surface area contributed by atoms with Gasteiger partial charge in [0.25, 0.3) is 0 Å². The smallest absolute Gasteiger partial charge is 0.321 e. The van der Waals surface area contributed by atoms with Crippen LogP contribution in [0.15, 0.2) is 59.5 Å². The molecule has 3 rings (SSSR count). The molecule has 30 heavy (non-hydrogen) atoms. The van der Waals surface area contributed by atoms with Gasteiger partial charge in [-0.2, -0.15) is 0 Å². The zero-order valence-electron chi connectivity index (χ0n) is 17.2. The van der Waals surface area contributed by atoms with Gasteiger partial charge in [-0.3, -0.25) is 4.79 Å². The third kappa shape index (κ3) is 5.60. The maximum atomic E-state index is 12.8.